The van der Waals surface area contributed by atoms with Crippen LogP contribution in [0.4, 0.5) is 0 Å². The van der Waals surface area contributed by atoms with Crippen molar-refractivity contribution >= 4 is 35.1 Å². The molecular formula is C9H12LiNO5S. The van der Waals surface area contributed by atoms with Gasteiger partial charge in [0.15, 0.2) is 0 Å². The molecule has 1 aromatic rings. The first kappa shape index (κ1) is 16.2. The first-order valence-electron chi connectivity index (χ1n) is 4.40. The van der Waals surface area contributed by atoms with E-state index < -0.39 is 16.3 Å². The number of carbonyl (C=O) groups excluding carboxylic acids is 1. The van der Waals surface area contributed by atoms with Crippen LogP contribution in [0.2, 0.25) is 0 Å². The van der Waals surface area contributed by atoms with Crippen LogP contribution in [0.5, 0.6) is 5.75 Å². The van der Waals surface area contributed by atoms with Gasteiger partial charge in [-0.2, -0.15) is 8.42 Å². The molecule has 17 heavy (non-hydrogen) atoms. The van der Waals surface area contributed by atoms with Crippen LogP contribution in [0, 0.1) is 0 Å². The van der Waals surface area contributed by atoms with E-state index in [1.165, 1.54) is 0 Å². The molecule has 2 N–H and O–H groups in total. The molecule has 0 heterocycles. The summed E-state index contributed by atoms with van der Waals surface area (Å²) in [4.78, 5) is 11.2. The van der Waals surface area contributed by atoms with E-state index in [0.717, 1.165) is 0 Å². The van der Waals surface area contributed by atoms with Crippen LogP contribution in [-0.2, 0) is 19.3 Å². The van der Waals surface area contributed by atoms with Crippen molar-refractivity contribution in [1.29, 1.82) is 0 Å². The molecule has 90 valence electrons. The number of para-hydroxylation sites is 1. The molecule has 6 nitrogen and oxygen atoms in total. The van der Waals surface area contributed by atoms with Gasteiger partial charge in [-0.05, 0) is 12.1 Å². The zero-order valence-electron chi connectivity index (χ0n) is 8.33. The second-order valence-electron chi connectivity index (χ2n) is 2.85. The molecule has 1 rings (SSSR count). The normalized spacial score (nSPS) is 10.4. The number of nitrogens with two attached hydrogens (primary N) is 1. The molecule has 0 spiro atoms. The van der Waals surface area contributed by atoms with Crippen molar-refractivity contribution < 1.29 is 22.1 Å². The van der Waals surface area contributed by atoms with Crippen LogP contribution in [0.15, 0.2) is 30.3 Å². The van der Waals surface area contributed by atoms with Gasteiger partial charge in [0, 0.05) is 0 Å². The predicted octanol–water partition coefficient (Wildman–Crippen LogP) is -0.446. The van der Waals surface area contributed by atoms with Gasteiger partial charge in [-0.1, -0.05) is 18.2 Å². The van der Waals surface area contributed by atoms with Gasteiger partial charge in [-0.3, -0.25) is 8.98 Å². The van der Waals surface area contributed by atoms with E-state index in [1.54, 1.807) is 30.3 Å². The first-order valence-corrected chi connectivity index (χ1v) is 5.87. The van der Waals surface area contributed by atoms with Crippen LogP contribution >= 0.6 is 0 Å². The Morgan fingerprint density at radius 2 is 1.82 bits per heavy atom. The SMILES string of the molecule is NS(=O)(=O)OCCC(=O)Oc1ccccc1.[LiH]. The fraction of sp³-hybridized carbons (Fsp3) is 0.222. The van der Waals surface area contributed by atoms with Crippen molar-refractivity contribution in [2.24, 2.45) is 5.14 Å². The summed E-state index contributed by atoms with van der Waals surface area (Å²) in [5.41, 5.74) is 0. The van der Waals surface area contributed by atoms with Gasteiger partial charge >= 0.3 is 35.1 Å². The summed E-state index contributed by atoms with van der Waals surface area (Å²) in [7, 11) is -4.00. The zero-order valence-corrected chi connectivity index (χ0v) is 9.14. The molecule has 0 saturated carbocycles. The second-order valence-corrected chi connectivity index (χ2v) is 4.07. The second kappa shape index (κ2) is 7.48. The van der Waals surface area contributed by atoms with E-state index in [2.05, 4.69) is 9.32 Å². The molecule has 0 aliphatic carbocycles. The van der Waals surface area contributed by atoms with E-state index in [0.29, 0.717) is 5.75 Å². The maximum atomic E-state index is 11.2. The van der Waals surface area contributed by atoms with Crippen molar-refractivity contribution in [1.82, 2.24) is 0 Å². The third-order valence-electron chi connectivity index (χ3n) is 1.53. The third kappa shape index (κ3) is 7.96. The fourth-order valence-corrected chi connectivity index (χ4v) is 1.23. The van der Waals surface area contributed by atoms with E-state index >= 15 is 0 Å². The summed E-state index contributed by atoms with van der Waals surface area (Å²) in [6.45, 7) is -0.329. The average molecular weight is 253 g/mol. The number of rotatable bonds is 5. The molecule has 0 radical (unpaired) electrons. The number of ether oxygens (including phenoxy) is 1. The Kier molecular flexibility index (Phi) is 7.11. The zero-order chi connectivity index (χ0) is 12.0. The molecule has 0 saturated heterocycles. The Bertz CT molecular complexity index is 448. The number of carbonyl (C=O) groups is 1. The van der Waals surface area contributed by atoms with Gasteiger partial charge in [0.1, 0.15) is 5.75 Å². The monoisotopic (exact) mass is 253 g/mol. The Morgan fingerprint density at radius 3 is 2.35 bits per heavy atom. The van der Waals surface area contributed by atoms with Crippen LogP contribution < -0.4 is 9.88 Å². The quantitative estimate of drug-likeness (QED) is 0.435. The average Bonchev–Trinajstić information content (AvgIpc) is 2.17. The van der Waals surface area contributed by atoms with Crippen LogP contribution in [-0.4, -0.2) is 39.9 Å². The first-order chi connectivity index (χ1) is 7.47. The number of hydrogen-bond acceptors (Lipinski definition) is 5. The summed E-state index contributed by atoms with van der Waals surface area (Å²) >= 11 is 0. The summed E-state index contributed by atoms with van der Waals surface area (Å²) in [5.74, 6) is -0.196. The molecule has 0 atom stereocenters. The minimum atomic E-state index is -4.00. The Balaban J connectivity index is 0.00000256. The van der Waals surface area contributed by atoms with E-state index in [9.17, 15) is 13.2 Å². The molecule has 0 fully saturated rings. The number of hydrogen-bond donors (Lipinski definition) is 1. The summed E-state index contributed by atoms with van der Waals surface area (Å²) < 4.78 is 29.8. The molecule has 0 aliphatic heterocycles. The van der Waals surface area contributed by atoms with Gasteiger partial charge in [-0.25, -0.2) is 5.14 Å². The molecule has 0 unspecified atom stereocenters. The van der Waals surface area contributed by atoms with Crippen molar-refractivity contribution in [3.05, 3.63) is 30.3 Å². The standard InChI is InChI=1S/C9H11NO5S.Li.H/c10-16(12,13)14-7-6-9(11)15-8-4-2-1-3-5-8;;/h1-5H,6-7H2,(H2,10,12,13);;. The molecule has 8 heteroatoms. The Hall–Kier alpha value is -0.843. The van der Waals surface area contributed by atoms with Crippen molar-refractivity contribution in [3.63, 3.8) is 0 Å². The molecular weight excluding hydrogens is 241 g/mol. The van der Waals surface area contributed by atoms with Crippen LogP contribution in [0.1, 0.15) is 6.42 Å². The minimum absolute atomic E-state index is 0. The number of esters is 1. The van der Waals surface area contributed by atoms with Gasteiger partial charge in [-0.15, -0.1) is 0 Å². The molecule has 0 bridgehead atoms. The van der Waals surface area contributed by atoms with Gasteiger partial charge < -0.3 is 4.74 Å². The summed E-state index contributed by atoms with van der Waals surface area (Å²) in [6, 6.07) is 8.42. The van der Waals surface area contributed by atoms with Gasteiger partial charge in [0.05, 0.1) is 13.0 Å². The van der Waals surface area contributed by atoms with E-state index in [-0.39, 0.29) is 31.9 Å². The summed E-state index contributed by atoms with van der Waals surface area (Å²) in [5, 5.41) is 4.57. The van der Waals surface area contributed by atoms with Crippen molar-refractivity contribution in [2.75, 3.05) is 6.61 Å². The molecule has 0 amide bonds. The van der Waals surface area contributed by atoms with Crippen LogP contribution in [0.3, 0.4) is 0 Å². The topological polar surface area (TPSA) is 95.7 Å². The van der Waals surface area contributed by atoms with Gasteiger partial charge in [0.25, 0.3) is 0 Å². The molecule has 1 aromatic carbocycles. The van der Waals surface area contributed by atoms with Crippen molar-refractivity contribution in [2.45, 2.75) is 6.42 Å². The van der Waals surface area contributed by atoms with Gasteiger partial charge in [0.2, 0.25) is 0 Å². The predicted molar refractivity (Wildman–Crippen MR) is 62.9 cm³/mol. The van der Waals surface area contributed by atoms with Crippen molar-refractivity contribution in [3.8, 4) is 5.75 Å². The van der Waals surface area contributed by atoms with E-state index in [4.69, 9.17) is 4.74 Å². The fourth-order valence-electron chi connectivity index (χ4n) is 0.912. The third-order valence-corrected chi connectivity index (χ3v) is 2.02. The van der Waals surface area contributed by atoms with E-state index in [1.807, 2.05) is 0 Å². The number of benzene rings is 1. The Morgan fingerprint density at radius 1 is 1.24 bits per heavy atom. The van der Waals surface area contributed by atoms with Crippen LogP contribution in [0.25, 0.3) is 0 Å². The Labute approximate surface area is 112 Å². The maximum absolute atomic E-state index is 11.2. The molecule has 0 aliphatic rings. The molecule has 0 aromatic heterocycles. The summed E-state index contributed by atoms with van der Waals surface area (Å²) in [6.07, 6.45) is -0.189.